The van der Waals surface area contributed by atoms with E-state index in [-0.39, 0.29) is 18.8 Å². The Morgan fingerprint density at radius 1 is 0.763 bits per heavy atom. The molecule has 1 aromatic carbocycles. The van der Waals surface area contributed by atoms with Crippen LogP contribution in [-0.2, 0) is 44.8 Å². The second-order valence-corrected chi connectivity index (χ2v) is 14.6. The summed E-state index contributed by atoms with van der Waals surface area (Å²) in [6.45, 7) is 6.44. The lowest BCUT2D eigenvalue weighted by atomic mass is 10.0. The lowest BCUT2D eigenvalue weighted by Crippen LogP contribution is -2.62. The molecular formula is C39H63N9O11. The lowest BCUT2D eigenvalue weighted by Gasteiger charge is -2.30. The first-order valence-electron chi connectivity index (χ1n) is 19.7. The number of amides is 8. The molecule has 1 rings (SSSR count). The number of ketones is 1. The van der Waals surface area contributed by atoms with Crippen LogP contribution in [-0.4, -0.2) is 138 Å². The van der Waals surface area contributed by atoms with Gasteiger partial charge >= 0.3 is 0 Å². The number of nitrogens with zero attached hydrogens (tertiary/aromatic N) is 1. The van der Waals surface area contributed by atoms with Crippen LogP contribution >= 0.6 is 0 Å². The third-order valence-corrected chi connectivity index (χ3v) is 9.09. The summed E-state index contributed by atoms with van der Waals surface area (Å²) in [5.74, 6) is -7.79. The molecular weight excluding hydrogens is 770 g/mol. The zero-order chi connectivity index (χ0) is 44.8. The maximum absolute atomic E-state index is 13.2. The average Bonchev–Trinajstić information content (AvgIpc) is 3.19. The van der Waals surface area contributed by atoms with Crippen LogP contribution in [0.1, 0.15) is 89.1 Å². The summed E-state index contributed by atoms with van der Waals surface area (Å²) in [7, 11) is 2.41. The number of Topliss-reactive ketones (excluding diaryl/α,β-unsaturated/α-hetero) is 1. The smallest absolute Gasteiger partial charge is 0.289 e. The van der Waals surface area contributed by atoms with Crippen molar-refractivity contribution in [2.45, 2.75) is 116 Å². The maximum Gasteiger partial charge on any atom is 0.289 e. The summed E-state index contributed by atoms with van der Waals surface area (Å²) in [6.07, 6.45) is 2.00. The minimum absolute atomic E-state index is 0.0934. The fourth-order valence-corrected chi connectivity index (χ4v) is 5.71. The first-order chi connectivity index (χ1) is 27.8. The Balaban J connectivity index is 2.77. The highest BCUT2D eigenvalue weighted by Crippen LogP contribution is 2.11. The molecule has 0 aliphatic carbocycles. The van der Waals surface area contributed by atoms with E-state index < -0.39 is 109 Å². The molecule has 1 aromatic rings. The number of rotatable bonds is 26. The van der Waals surface area contributed by atoms with Crippen molar-refractivity contribution < 1.29 is 53.4 Å². The van der Waals surface area contributed by atoms with Gasteiger partial charge in [-0.3, -0.25) is 43.2 Å². The molecule has 0 fully saturated rings. The summed E-state index contributed by atoms with van der Waals surface area (Å²) < 4.78 is 0. The van der Waals surface area contributed by atoms with Gasteiger partial charge in [0.05, 0.1) is 25.2 Å². The number of carbonyl (C=O) groups is 9. The van der Waals surface area contributed by atoms with E-state index in [9.17, 15) is 53.4 Å². The minimum Gasteiger partial charge on any atom is -0.396 e. The molecule has 0 aliphatic heterocycles. The number of nitrogens with one attached hydrogen (secondary N) is 7. The first kappa shape index (κ1) is 51.5. The average molecular weight is 834 g/mol. The molecule has 6 atom stereocenters. The second-order valence-electron chi connectivity index (χ2n) is 14.6. The van der Waals surface area contributed by atoms with Crippen LogP contribution in [0, 0.1) is 5.92 Å². The van der Waals surface area contributed by atoms with Crippen LogP contribution in [0.5, 0.6) is 0 Å². The predicted octanol–water partition coefficient (Wildman–Crippen LogP) is -2.52. The number of benzene rings is 1. The number of aliphatic hydroxyl groups excluding tert-OH is 2. The highest BCUT2D eigenvalue weighted by atomic mass is 16.3. The van der Waals surface area contributed by atoms with Gasteiger partial charge in [-0.1, -0.05) is 52.2 Å². The van der Waals surface area contributed by atoms with Crippen LogP contribution in [0.2, 0.25) is 0 Å². The molecule has 20 nitrogen and oxygen atoms in total. The molecule has 0 radical (unpaired) electrons. The third-order valence-electron chi connectivity index (χ3n) is 9.09. The van der Waals surface area contributed by atoms with Crippen LogP contribution in [0.25, 0.3) is 0 Å². The molecule has 0 heterocycles. The van der Waals surface area contributed by atoms with Gasteiger partial charge in [0.15, 0.2) is 6.17 Å². The topological polar surface area (TPSA) is 308 Å². The van der Waals surface area contributed by atoms with E-state index in [4.69, 9.17) is 5.73 Å². The van der Waals surface area contributed by atoms with E-state index in [1.807, 2.05) is 12.1 Å². The molecule has 8 amide bonds. The molecule has 11 N–H and O–H groups in total. The van der Waals surface area contributed by atoms with Crippen LogP contribution in [0.3, 0.4) is 0 Å². The summed E-state index contributed by atoms with van der Waals surface area (Å²) >= 11 is 0. The Labute approximate surface area is 344 Å². The van der Waals surface area contributed by atoms with Gasteiger partial charge in [-0.15, -0.1) is 0 Å². The van der Waals surface area contributed by atoms with Crippen molar-refractivity contribution in [1.29, 1.82) is 0 Å². The van der Waals surface area contributed by atoms with Crippen molar-refractivity contribution in [2.24, 2.45) is 11.7 Å². The van der Waals surface area contributed by atoms with Gasteiger partial charge in [-0.05, 0) is 63.1 Å². The SMILES string of the molecule is CCCCCCc1ccc(C(=O)N[C@H](CCO)C(=O)NCC(=O)NCC(=O)N(C)[C@H](C(=O)N[C@@H](N)C(=O)N[C@@H](CC(C)C)C(=O)NC(C)C(=O)C(=O)NC)[C@@H](C)O)cc1. The molecule has 20 heteroatoms. The number of likely N-dealkylation sites (N-methyl/N-ethyl adjacent to an activating group) is 2. The van der Waals surface area contributed by atoms with E-state index in [1.165, 1.54) is 20.9 Å². The fourth-order valence-electron chi connectivity index (χ4n) is 5.71. The highest BCUT2D eigenvalue weighted by molar-refractivity contribution is 6.38. The van der Waals surface area contributed by atoms with E-state index in [0.29, 0.717) is 5.56 Å². The molecule has 0 bridgehead atoms. The Hall–Kier alpha value is -5.47. The zero-order valence-corrected chi connectivity index (χ0v) is 35.0. The molecule has 0 aromatic heterocycles. The normalized spacial score (nSPS) is 13.9. The Bertz CT molecular complexity index is 1600. The van der Waals surface area contributed by atoms with Crippen LogP contribution in [0.4, 0.5) is 0 Å². The molecule has 330 valence electrons. The van der Waals surface area contributed by atoms with Crippen molar-refractivity contribution in [3.05, 3.63) is 35.4 Å². The van der Waals surface area contributed by atoms with E-state index in [1.54, 1.807) is 26.0 Å². The van der Waals surface area contributed by atoms with Gasteiger partial charge in [-0.25, -0.2) is 0 Å². The highest BCUT2D eigenvalue weighted by Gasteiger charge is 2.34. The summed E-state index contributed by atoms with van der Waals surface area (Å²) in [5.41, 5.74) is 7.30. The Kier molecular flexibility index (Phi) is 23.2. The van der Waals surface area contributed by atoms with Gasteiger partial charge in [0.1, 0.15) is 18.1 Å². The molecule has 59 heavy (non-hydrogen) atoms. The van der Waals surface area contributed by atoms with Crippen molar-refractivity contribution >= 4 is 53.0 Å². The molecule has 0 spiro atoms. The monoisotopic (exact) mass is 833 g/mol. The molecule has 0 aliphatic rings. The maximum atomic E-state index is 13.2. The standard InChI is InChI=1S/C39H63N9O11/c1-8-9-10-11-12-25-13-15-26(16-14-25)34(54)45-27(17-18-49)35(55)43-20-29(51)42-21-30(52)48(7)31(24(5)50)37(57)47-33(40)39(59)46-28(19-22(2)3)36(56)44-23(4)32(53)38(58)41-6/h13-16,22-24,27-28,31,33,49-50H,8-12,17-21,40H2,1-7H3,(H,41,58)(H,42,51)(H,43,55)(H,44,56)(H,45,54)(H,46,59)(H,47,57)/t23?,24-,27-,28+,31+,33-/m1/s1. The molecule has 0 saturated carbocycles. The van der Waals surface area contributed by atoms with E-state index in [0.717, 1.165) is 49.6 Å². The molecule has 1 unspecified atom stereocenters. The third kappa shape index (κ3) is 18.3. The summed E-state index contributed by atoms with van der Waals surface area (Å²) in [4.78, 5) is 115. The predicted molar refractivity (Wildman–Crippen MR) is 216 cm³/mol. The van der Waals surface area contributed by atoms with E-state index in [2.05, 4.69) is 44.1 Å². The van der Waals surface area contributed by atoms with Crippen LogP contribution < -0.4 is 43.0 Å². The van der Waals surface area contributed by atoms with Crippen molar-refractivity contribution in [1.82, 2.24) is 42.1 Å². The fraction of sp³-hybridized carbons (Fsp3) is 0.615. The van der Waals surface area contributed by atoms with Crippen molar-refractivity contribution in [3.63, 3.8) is 0 Å². The van der Waals surface area contributed by atoms with Gasteiger partial charge in [0.2, 0.25) is 35.3 Å². The van der Waals surface area contributed by atoms with Gasteiger partial charge in [0, 0.05) is 26.3 Å². The van der Waals surface area contributed by atoms with Crippen molar-refractivity contribution in [2.75, 3.05) is 33.8 Å². The number of unbranched alkanes of at least 4 members (excludes halogenated alkanes) is 3. The number of hydrogen-bond donors (Lipinski definition) is 10. The Morgan fingerprint density at radius 2 is 1.41 bits per heavy atom. The number of aliphatic hydroxyl groups is 2. The second kappa shape index (κ2) is 26.5. The van der Waals surface area contributed by atoms with Crippen molar-refractivity contribution in [3.8, 4) is 0 Å². The number of aryl methyl sites for hydroxylation is 1. The van der Waals surface area contributed by atoms with Gasteiger partial charge in [-0.2, -0.15) is 0 Å². The van der Waals surface area contributed by atoms with Gasteiger partial charge in [0.25, 0.3) is 17.7 Å². The van der Waals surface area contributed by atoms with Gasteiger partial charge < -0.3 is 58.1 Å². The van der Waals surface area contributed by atoms with Crippen LogP contribution in [0.15, 0.2) is 24.3 Å². The largest absolute Gasteiger partial charge is 0.396 e. The Morgan fingerprint density at radius 3 is 1.97 bits per heavy atom. The number of hydrogen-bond acceptors (Lipinski definition) is 12. The first-order valence-corrected chi connectivity index (χ1v) is 19.7. The number of nitrogens with two attached hydrogens (primary N) is 1. The minimum atomic E-state index is -1.77. The number of carbonyl (C=O) groups excluding carboxylic acids is 9. The molecule has 0 saturated heterocycles. The zero-order valence-electron chi connectivity index (χ0n) is 35.0. The lowest BCUT2D eigenvalue weighted by molar-refractivity contribution is -0.144. The summed E-state index contributed by atoms with van der Waals surface area (Å²) in [6, 6.07) is 1.77. The quantitative estimate of drug-likeness (QED) is 0.0263. The summed E-state index contributed by atoms with van der Waals surface area (Å²) in [5, 5.41) is 36.2. The van der Waals surface area contributed by atoms with E-state index >= 15 is 0 Å².